The summed E-state index contributed by atoms with van der Waals surface area (Å²) < 4.78 is 17.3. The number of nitrogens with zero attached hydrogens (tertiary/aromatic N) is 2. The molecule has 2 rings (SSSR count). The molecule has 0 radical (unpaired) electrons. The maximum Gasteiger partial charge on any atom is 0.194 e. The van der Waals surface area contributed by atoms with E-state index in [2.05, 4.69) is 31.1 Å². The molecule has 1 aliphatic rings. The van der Waals surface area contributed by atoms with Crippen molar-refractivity contribution >= 4 is 21.9 Å². The highest BCUT2D eigenvalue weighted by atomic mass is 79.9. The highest BCUT2D eigenvalue weighted by Crippen LogP contribution is 2.22. The van der Waals surface area contributed by atoms with Crippen molar-refractivity contribution in [2.75, 3.05) is 47.6 Å². The number of hydrogen-bond acceptors (Lipinski definition) is 4. The average molecular weight is 386 g/mol. The first-order chi connectivity index (χ1) is 11.2. The van der Waals surface area contributed by atoms with Crippen molar-refractivity contribution in [3.05, 3.63) is 28.2 Å². The van der Waals surface area contributed by atoms with Crippen LogP contribution in [0.1, 0.15) is 5.56 Å². The van der Waals surface area contributed by atoms with E-state index in [-0.39, 0.29) is 6.10 Å². The summed E-state index contributed by atoms with van der Waals surface area (Å²) in [6.45, 7) is 3.49. The zero-order valence-corrected chi connectivity index (χ0v) is 15.4. The minimum atomic E-state index is 0.0766. The van der Waals surface area contributed by atoms with Crippen LogP contribution in [0.4, 0.5) is 0 Å². The Kier molecular flexibility index (Phi) is 7.14. The lowest BCUT2D eigenvalue weighted by Gasteiger charge is -2.34. The number of rotatable bonds is 5. The number of aliphatic imine (C=N–C) groups is 1. The monoisotopic (exact) mass is 385 g/mol. The van der Waals surface area contributed by atoms with Crippen molar-refractivity contribution < 1.29 is 14.2 Å². The molecule has 0 saturated carbocycles. The fourth-order valence-corrected chi connectivity index (χ4v) is 3.00. The third kappa shape index (κ3) is 5.09. The number of guanidine groups is 1. The summed E-state index contributed by atoms with van der Waals surface area (Å²) in [7, 11) is 5.16. The van der Waals surface area contributed by atoms with Crippen LogP contribution in [0, 0.1) is 0 Å². The first-order valence-corrected chi connectivity index (χ1v) is 8.35. The van der Waals surface area contributed by atoms with Crippen molar-refractivity contribution in [2.45, 2.75) is 12.6 Å². The lowest BCUT2D eigenvalue weighted by atomic mass is 10.2. The molecule has 0 bridgehead atoms. The van der Waals surface area contributed by atoms with Crippen molar-refractivity contribution in [3.8, 4) is 5.75 Å². The Hall–Kier alpha value is -1.31. The van der Waals surface area contributed by atoms with E-state index in [4.69, 9.17) is 14.2 Å². The standard InChI is InChI=1S/C16H24BrN3O3/c1-18-16(20-6-7-23-14(10-20)11-21-2)19-9-12-8-13(17)4-5-15(12)22-3/h4-5,8,14H,6-7,9-11H2,1-3H3,(H,18,19). The van der Waals surface area contributed by atoms with Crippen LogP contribution in [0.2, 0.25) is 0 Å². The number of morpholine rings is 1. The second-order valence-corrected chi connectivity index (χ2v) is 6.17. The van der Waals surface area contributed by atoms with Crippen LogP contribution in [0.15, 0.2) is 27.7 Å². The summed E-state index contributed by atoms with van der Waals surface area (Å²) in [5.74, 6) is 1.71. The minimum Gasteiger partial charge on any atom is -0.496 e. The van der Waals surface area contributed by atoms with Gasteiger partial charge in [0.25, 0.3) is 0 Å². The number of halogens is 1. The second-order valence-electron chi connectivity index (χ2n) is 5.25. The Labute approximate surface area is 145 Å². The molecule has 1 saturated heterocycles. The molecule has 1 unspecified atom stereocenters. The topological polar surface area (TPSA) is 55.3 Å². The Morgan fingerprint density at radius 2 is 2.30 bits per heavy atom. The molecule has 7 heteroatoms. The lowest BCUT2D eigenvalue weighted by Crippen LogP contribution is -2.51. The highest BCUT2D eigenvalue weighted by Gasteiger charge is 2.22. The van der Waals surface area contributed by atoms with E-state index in [0.717, 1.165) is 34.8 Å². The number of hydrogen-bond donors (Lipinski definition) is 1. The molecule has 1 atom stereocenters. The van der Waals surface area contributed by atoms with Gasteiger partial charge in [-0.1, -0.05) is 15.9 Å². The number of methoxy groups -OCH3 is 2. The van der Waals surface area contributed by atoms with E-state index in [1.807, 2.05) is 18.2 Å². The van der Waals surface area contributed by atoms with Crippen molar-refractivity contribution in [1.82, 2.24) is 10.2 Å². The molecule has 0 spiro atoms. The van der Waals surface area contributed by atoms with Crippen LogP contribution in [-0.2, 0) is 16.0 Å². The van der Waals surface area contributed by atoms with Gasteiger partial charge in [-0.2, -0.15) is 0 Å². The Bertz CT molecular complexity index is 537. The van der Waals surface area contributed by atoms with E-state index in [1.54, 1.807) is 21.3 Å². The van der Waals surface area contributed by atoms with Crippen LogP contribution >= 0.6 is 15.9 Å². The summed E-state index contributed by atoms with van der Waals surface area (Å²) >= 11 is 3.50. The zero-order chi connectivity index (χ0) is 16.7. The van der Waals surface area contributed by atoms with Crippen LogP contribution < -0.4 is 10.1 Å². The van der Waals surface area contributed by atoms with Gasteiger partial charge in [0.15, 0.2) is 5.96 Å². The molecule has 1 aromatic carbocycles. The molecular weight excluding hydrogens is 362 g/mol. The molecule has 1 fully saturated rings. The molecule has 1 aromatic rings. The molecule has 1 aliphatic heterocycles. The molecule has 6 nitrogen and oxygen atoms in total. The van der Waals surface area contributed by atoms with Crippen LogP contribution in [0.25, 0.3) is 0 Å². The molecular formula is C16H24BrN3O3. The number of ether oxygens (including phenoxy) is 3. The third-order valence-corrected chi connectivity index (χ3v) is 4.18. The molecule has 0 aromatic heterocycles. The van der Waals surface area contributed by atoms with Gasteiger partial charge in [0.1, 0.15) is 5.75 Å². The van der Waals surface area contributed by atoms with E-state index in [1.165, 1.54) is 0 Å². The normalized spacial score (nSPS) is 18.9. The summed E-state index contributed by atoms with van der Waals surface area (Å²) in [6, 6.07) is 5.97. The predicted molar refractivity (Wildman–Crippen MR) is 94.1 cm³/mol. The van der Waals surface area contributed by atoms with Gasteiger partial charge < -0.3 is 24.4 Å². The van der Waals surface area contributed by atoms with E-state index in [0.29, 0.717) is 19.8 Å². The SMILES string of the molecule is CN=C(NCc1cc(Br)ccc1OC)N1CCOC(COC)C1. The van der Waals surface area contributed by atoms with E-state index in [9.17, 15) is 0 Å². The second kappa shape index (κ2) is 9.10. The first kappa shape index (κ1) is 18.0. The summed E-state index contributed by atoms with van der Waals surface area (Å²) in [5.41, 5.74) is 1.07. The number of benzene rings is 1. The summed E-state index contributed by atoms with van der Waals surface area (Å²) in [6.07, 6.45) is 0.0766. The van der Waals surface area contributed by atoms with Gasteiger partial charge in [-0.3, -0.25) is 4.99 Å². The van der Waals surface area contributed by atoms with Gasteiger partial charge >= 0.3 is 0 Å². The maximum atomic E-state index is 5.68. The van der Waals surface area contributed by atoms with Gasteiger partial charge in [0.05, 0.1) is 26.4 Å². The van der Waals surface area contributed by atoms with Crippen LogP contribution in [0.3, 0.4) is 0 Å². The zero-order valence-electron chi connectivity index (χ0n) is 13.8. The van der Waals surface area contributed by atoms with Gasteiger partial charge in [-0.25, -0.2) is 0 Å². The smallest absolute Gasteiger partial charge is 0.194 e. The minimum absolute atomic E-state index is 0.0766. The van der Waals surface area contributed by atoms with E-state index >= 15 is 0 Å². The lowest BCUT2D eigenvalue weighted by molar-refractivity contribution is -0.0447. The van der Waals surface area contributed by atoms with Crippen molar-refractivity contribution in [3.63, 3.8) is 0 Å². The van der Waals surface area contributed by atoms with Crippen LogP contribution in [-0.4, -0.2) is 64.5 Å². The Balaban J connectivity index is 1.99. The van der Waals surface area contributed by atoms with Gasteiger partial charge in [0, 0.05) is 43.8 Å². The fourth-order valence-electron chi connectivity index (χ4n) is 2.59. The predicted octanol–water partition coefficient (Wildman–Crippen LogP) is 1.88. The average Bonchev–Trinajstić information content (AvgIpc) is 2.56. The summed E-state index contributed by atoms with van der Waals surface area (Å²) in [5, 5.41) is 3.40. The maximum absolute atomic E-state index is 5.68. The summed E-state index contributed by atoms with van der Waals surface area (Å²) in [4.78, 5) is 6.57. The van der Waals surface area contributed by atoms with Crippen LogP contribution in [0.5, 0.6) is 5.75 Å². The molecule has 0 amide bonds. The molecule has 0 aliphatic carbocycles. The Morgan fingerprint density at radius 1 is 1.48 bits per heavy atom. The first-order valence-electron chi connectivity index (χ1n) is 7.56. The van der Waals surface area contributed by atoms with Gasteiger partial charge in [0.2, 0.25) is 0 Å². The molecule has 23 heavy (non-hydrogen) atoms. The molecule has 128 valence electrons. The fraction of sp³-hybridized carbons (Fsp3) is 0.562. The van der Waals surface area contributed by atoms with E-state index < -0.39 is 0 Å². The van der Waals surface area contributed by atoms with Gasteiger partial charge in [-0.05, 0) is 18.2 Å². The third-order valence-electron chi connectivity index (χ3n) is 3.68. The molecule has 1 heterocycles. The molecule has 1 N–H and O–H groups in total. The Morgan fingerprint density at radius 3 is 3.00 bits per heavy atom. The van der Waals surface area contributed by atoms with Crippen molar-refractivity contribution in [1.29, 1.82) is 0 Å². The van der Waals surface area contributed by atoms with Crippen molar-refractivity contribution in [2.24, 2.45) is 4.99 Å². The largest absolute Gasteiger partial charge is 0.496 e. The number of nitrogens with one attached hydrogen (secondary N) is 1. The van der Waals surface area contributed by atoms with Gasteiger partial charge in [-0.15, -0.1) is 0 Å². The quantitative estimate of drug-likeness (QED) is 0.619. The highest BCUT2D eigenvalue weighted by molar-refractivity contribution is 9.10.